The first-order chi connectivity index (χ1) is 7.81. The molecule has 0 aromatic heterocycles. The SMILES string of the molecule is CCC(CC)(CCl)CNS(=O)(=O)CCC(C)C. The summed E-state index contributed by atoms with van der Waals surface area (Å²) in [5.41, 5.74) is -0.105. The van der Waals surface area contributed by atoms with Crippen LogP contribution >= 0.6 is 11.6 Å². The molecule has 17 heavy (non-hydrogen) atoms. The Kier molecular flexibility index (Phi) is 7.68. The molecule has 0 atom stereocenters. The van der Waals surface area contributed by atoms with Crippen molar-refractivity contribution in [2.75, 3.05) is 18.2 Å². The van der Waals surface area contributed by atoms with E-state index in [0.29, 0.717) is 24.8 Å². The third-order valence-electron chi connectivity index (χ3n) is 3.41. The molecule has 0 fully saturated rings. The second kappa shape index (κ2) is 7.59. The van der Waals surface area contributed by atoms with Crippen LogP contribution in [0.2, 0.25) is 0 Å². The number of hydrogen-bond donors (Lipinski definition) is 1. The molecule has 0 rings (SSSR count). The third kappa shape index (κ3) is 6.63. The van der Waals surface area contributed by atoms with Gasteiger partial charge in [-0.1, -0.05) is 27.7 Å². The molecule has 0 aliphatic rings. The molecule has 0 saturated heterocycles. The molecular formula is C12H26ClNO2S. The normalized spacial score (nSPS) is 13.3. The first kappa shape index (κ1) is 17.2. The Balaban J connectivity index is 4.33. The maximum absolute atomic E-state index is 11.8. The average molecular weight is 284 g/mol. The predicted molar refractivity (Wildman–Crippen MR) is 75.0 cm³/mol. The second-order valence-corrected chi connectivity index (χ2v) is 7.36. The van der Waals surface area contributed by atoms with Gasteiger partial charge in [-0.3, -0.25) is 0 Å². The van der Waals surface area contributed by atoms with Crippen molar-refractivity contribution in [3.05, 3.63) is 0 Å². The van der Waals surface area contributed by atoms with Gasteiger partial charge >= 0.3 is 0 Å². The molecular weight excluding hydrogens is 258 g/mol. The fraction of sp³-hybridized carbons (Fsp3) is 1.00. The Morgan fingerprint density at radius 3 is 2.12 bits per heavy atom. The van der Waals surface area contributed by atoms with E-state index < -0.39 is 10.0 Å². The Bertz CT molecular complexity index is 289. The van der Waals surface area contributed by atoms with Gasteiger partial charge in [0.25, 0.3) is 0 Å². The summed E-state index contributed by atoms with van der Waals surface area (Å²) in [7, 11) is -3.15. The number of halogens is 1. The highest BCUT2D eigenvalue weighted by Crippen LogP contribution is 2.27. The predicted octanol–water partition coefficient (Wildman–Crippen LogP) is 3.00. The molecule has 0 saturated carbocycles. The van der Waals surface area contributed by atoms with Gasteiger partial charge < -0.3 is 0 Å². The summed E-state index contributed by atoms with van der Waals surface area (Å²) in [4.78, 5) is 0. The molecule has 0 spiro atoms. The van der Waals surface area contributed by atoms with Crippen LogP contribution in [-0.4, -0.2) is 26.6 Å². The lowest BCUT2D eigenvalue weighted by Gasteiger charge is -2.29. The van der Waals surface area contributed by atoms with Gasteiger partial charge in [-0.15, -0.1) is 11.6 Å². The van der Waals surface area contributed by atoms with Crippen LogP contribution in [0.15, 0.2) is 0 Å². The van der Waals surface area contributed by atoms with Crippen LogP contribution in [0.25, 0.3) is 0 Å². The zero-order valence-corrected chi connectivity index (χ0v) is 13.0. The van der Waals surface area contributed by atoms with Crippen LogP contribution in [-0.2, 0) is 10.0 Å². The summed E-state index contributed by atoms with van der Waals surface area (Å²) in [5.74, 6) is 1.10. The van der Waals surface area contributed by atoms with E-state index in [-0.39, 0.29) is 11.2 Å². The van der Waals surface area contributed by atoms with Crippen molar-refractivity contribution < 1.29 is 8.42 Å². The molecule has 3 nitrogen and oxygen atoms in total. The van der Waals surface area contributed by atoms with Crippen molar-refractivity contribution in [2.24, 2.45) is 11.3 Å². The number of hydrogen-bond acceptors (Lipinski definition) is 2. The van der Waals surface area contributed by atoms with Gasteiger partial charge in [0.15, 0.2) is 0 Å². The summed E-state index contributed by atoms with van der Waals surface area (Å²) < 4.78 is 26.2. The lowest BCUT2D eigenvalue weighted by atomic mass is 9.85. The number of sulfonamides is 1. The highest BCUT2D eigenvalue weighted by molar-refractivity contribution is 7.89. The lowest BCUT2D eigenvalue weighted by molar-refractivity contribution is 0.304. The van der Waals surface area contributed by atoms with E-state index in [1.54, 1.807) is 0 Å². The Morgan fingerprint density at radius 2 is 1.76 bits per heavy atom. The van der Waals surface area contributed by atoms with Crippen molar-refractivity contribution in [1.29, 1.82) is 0 Å². The largest absolute Gasteiger partial charge is 0.215 e. The molecule has 0 aromatic carbocycles. The van der Waals surface area contributed by atoms with Crippen LogP contribution in [0.5, 0.6) is 0 Å². The summed E-state index contributed by atoms with van der Waals surface area (Å²) in [5, 5.41) is 0. The first-order valence-electron chi connectivity index (χ1n) is 6.34. The Labute approximate surface area is 111 Å². The van der Waals surface area contributed by atoms with Crippen LogP contribution < -0.4 is 4.72 Å². The highest BCUT2D eigenvalue weighted by atomic mass is 35.5. The second-order valence-electron chi connectivity index (χ2n) is 5.16. The van der Waals surface area contributed by atoms with Crippen molar-refractivity contribution >= 4 is 21.6 Å². The van der Waals surface area contributed by atoms with Gasteiger partial charge in [-0.05, 0) is 30.6 Å². The quantitative estimate of drug-likeness (QED) is 0.661. The molecule has 0 amide bonds. The summed E-state index contributed by atoms with van der Waals surface area (Å²) in [6.07, 6.45) is 2.47. The Morgan fingerprint density at radius 1 is 1.24 bits per heavy atom. The van der Waals surface area contributed by atoms with Crippen molar-refractivity contribution in [3.63, 3.8) is 0 Å². The minimum Gasteiger partial charge on any atom is -0.215 e. The van der Waals surface area contributed by atoms with Gasteiger partial charge in [0, 0.05) is 12.4 Å². The van der Waals surface area contributed by atoms with Crippen LogP contribution in [0.1, 0.15) is 47.0 Å². The Hall–Kier alpha value is 0.200. The maximum Gasteiger partial charge on any atom is 0.211 e. The summed E-state index contributed by atoms with van der Waals surface area (Å²) in [6, 6.07) is 0. The van der Waals surface area contributed by atoms with Crippen LogP contribution in [0.4, 0.5) is 0 Å². The molecule has 5 heteroatoms. The van der Waals surface area contributed by atoms with E-state index in [4.69, 9.17) is 11.6 Å². The van der Waals surface area contributed by atoms with Crippen molar-refractivity contribution in [3.8, 4) is 0 Å². The summed E-state index contributed by atoms with van der Waals surface area (Å²) in [6.45, 7) is 8.60. The minimum atomic E-state index is -3.15. The molecule has 1 N–H and O–H groups in total. The zero-order valence-electron chi connectivity index (χ0n) is 11.4. The molecule has 0 aromatic rings. The molecule has 0 radical (unpaired) electrons. The van der Waals surface area contributed by atoms with Gasteiger partial charge in [-0.25, -0.2) is 13.1 Å². The smallest absolute Gasteiger partial charge is 0.211 e. The molecule has 0 bridgehead atoms. The molecule has 0 aliphatic heterocycles. The highest BCUT2D eigenvalue weighted by Gasteiger charge is 2.27. The van der Waals surface area contributed by atoms with Crippen molar-refractivity contribution in [2.45, 2.75) is 47.0 Å². The fourth-order valence-electron chi connectivity index (χ4n) is 1.46. The van der Waals surface area contributed by atoms with Gasteiger partial charge in [0.2, 0.25) is 10.0 Å². The maximum atomic E-state index is 11.8. The van der Waals surface area contributed by atoms with E-state index >= 15 is 0 Å². The molecule has 104 valence electrons. The lowest BCUT2D eigenvalue weighted by Crippen LogP contribution is -2.39. The molecule has 0 aliphatic carbocycles. The minimum absolute atomic E-state index is 0.105. The average Bonchev–Trinajstić information content (AvgIpc) is 2.29. The van der Waals surface area contributed by atoms with E-state index in [1.807, 2.05) is 27.7 Å². The van der Waals surface area contributed by atoms with Gasteiger partial charge in [-0.2, -0.15) is 0 Å². The van der Waals surface area contributed by atoms with E-state index in [1.165, 1.54) is 0 Å². The summed E-state index contributed by atoms with van der Waals surface area (Å²) >= 11 is 5.95. The number of rotatable bonds is 9. The van der Waals surface area contributed by atoms with Crippen molar-refractivity contribution in [1.82, 2.24) is 4.72 Å². The first-order valence-corrected chi connectivity index (χ1v) is 8.53. The monoisotopic (exact) mass is 283 g/mol. The standard InChI is InChI=1S/C12H26ClNO2S/c1-5-12(6-2,9-13)10-14-17(15,16)8-7-11(3)4/h11,14H,5-10H2,1-4H3. The van der Waals surface area contributed by atoms with Crippen LogP contribution in [0.3, 0.4) is 0 Å². The number of nitrogens with one attached hydrogen (secondary N) is 1. The van der Waals surface area contributed by atoms with E-state index in [9.17, 15) is 8.42 Å². The van der Waals surface area contributed by atoms with E-state index in [2.05, 4.69) is 4.72 Å². The molecule has 0 heterocycles. The molecule has 0 unspecified atom stereocenters. The van der Waals surface area contributed by atoms with Gasteiger partial charge in [0.05, 0.1) is 5.75 Å². The third-order valence-corrected chi connectivity index (χ3v) is 5.34. The van der Waals surface area contributed by atoms with E-state index in [0.717, 1.165) is 12.8 Å². The number of alkyl halides is 1. The van der Waals surface area contributed by atoms with Crippen LogP contribution in [0, 0.1) is 11.3 Å². The zero-order chi connectivity index (χ0) is 13.5. The fourth-order valence-corrected chi connectivity index (χ4v) is 3.39. The van der Waals surface area contributed by atoms with Gasteiger partial charge in [0.1, 0.15) is 0 Å². The topological polar surface area (TPSA) is 46.2 Å².